The molecule has 0 fully saturated rings. The van der Waals surface area contributed by atoms with E-state index in [0.717, 1.165) is 51.5 Å². The van der Waals surface area contributed by atoms with Gasteiger partial charge in [0, 0.05) is 25.6 Å². The van der Waals surface area contributed by atoms with E-state index in [4.69, 9.17) is 10.2 Å². The standard InChI is InChI=1S/C17H36N2O3/c1-3-5-8-16(9-6-4-2)18-17(22)10-7-11-19(12-14-20)13-15-21/h16,20-21H,3-15H2,1-2H3,(H,18,22). The fourth-order valence-corrected chi connectivity index (χ4v) is 2.57. The fraction of sp³-hybridized carbons (Fsp3) is 0.941. The highest BCUT2D eigenvalue weighted by Crippen LogP contribution is 2.09. The minimum atomic E-state index is 0.0856. The van der Waals surface area contributed by atoms with Gasteiger partial charge in [-0.05, 0) is 25.8 Å². The Balaban J connectivity index is 3.99. The molecule has 3 N–H and O–H groups in total. The lowest BCUT2D eigenvalue weighted by atomic mass is 10.0. The molecule has 0 bridgehead atoms. The van der Waals surface area contributed by atoms with Crippen LogP contribution in [0.15, 0.2) is 0 Å². The summed E-state index contributed by atoms with van der Waals surface area (Å²) in [6.07, 6.45) is 8.07. The number of nitrogens with zero attached hydrogens (tertiary/aromatic N) is 1. The molecule has 0 saturated heterocycles. The van der Waals surface area contributed by atoms with E-state index in [0.29, 0.717) is 25.6 Å². The third kappa shape index (κ3) is 12.0. The summed E-state index contributed by atoms with van der Waals surface area (Å²) in [7, 11) is 0. The van der Waals surface area contributed by atoms with Crippen LogP contribution in [0, 0.1) is 0 Å². The second-order valence-corrected chi connectivity index (χ2v) is 5.94. The van der Waals surface area contributed by atoms with Crippen molar-refractivity contribution in [3.05, 3.63) is 0 Å². The molecule has 0 aromatic rings. The van der Waals surface area contributed by atoms with Gasteiger partial charge in [0.1, 0.15) is 0 Å². The van der Waals surface area contributed by atoms with Gasteiger partial charge in [0.15, 0.2) is 0 Å². The van der Waals surface area contributed by atoms with E-state index >= 15 is 0 Å². The Morgan fingerprint density at radius 2 is 1.50 bits per heavy atom. The van der Waals surface area contributed by atoms with Gasteiger partial charge in [-0.1, -0.05) is 39.5 Å². The molecule has 0 aromatic carbocycles. The molecule has 5 heteroatoms. The number of carbonyl (C=O) groups excluding carboxylic acids is 1. The summed E-state index contributed by atoms with van der Waals surface area (Å²) < 4.78 is 0. The predicted octanol–water partition coefficient (Wildman–Crippen LogP) is 1.92. The van der Waals surface area contributed by atoms with Crippen molar-refractivity contribution in [3.8, 4) is 0 Å². The highest BCUT2D eigenvalue weighted by atomic mass is 16.3. The molecule has 0 spiro atoms. The summed E-state index contributed by atoms with van der Waals surface area (Å²) in [5, 5.41) is 21.1. The maximum atomic E-state index is 12.0. The zero-order chi connectivity index (χ0) is 16.6. The van der Waals surface area contributed by atoms with Crippen molar-refractivity contribution < 1.29 is 15.0 Å². The van der Waals surface area contributed by atoms with Gasteiger partial charge < -0.3 is 15.5 Å². The average Bonchev–Trinajstić information content (AvgIpc) is 2.50. The van der Waals surface area contributed by atoms with Gasteiger partial charge in [-0.2, -0.15) is 0 Å². The third-order valence-electron chi connectivity index (χ3n) is 3.89. The Morgan fingerprint density at radius 3 is 1.95 bits per heavy atom. The number of aliphatic hydroxyl groups is 2. The summed E-state index contributed by atoms with van der Waals surface area (Å²) in [6, 6.07) is 0.318. The first-order valence-electron chi connectivity index (χ1n) is 8.91. The van der Waals surface area contributed by atoms with Crippen molar-refractivity contribution in [2.45, 2.75) is 71.3 Å². The second-order valence-electron chi connectivity index (χ2n) is 5.94. The van der Waals surface area contributed by atoms with Crippen molar-refractivity contribution in [1.29, 1.82) is 0 Å². The first-order valence-corrected chi connectivity index (χ1v) is 8.91. The van der Waals surface area contributed by atoms with Crippen molar-refractivity contribution in [2.75, 3.05) is 32.8 Å². The van der Waals surface area contributed by atoms with Crippen molar-refractivity contribution >= 4 is 5.91 Å². The van der Waals surface area contributed by atoms with Crippen molar-refractivity contribution in [1.82, 2.24) is 10.2 Å². The molecule has 5 nitrogen and oxygen atoms in total. The SMILES string of the molecule is CCCCC(CCCC)NC(=O)CCCN(CCO)CCO. The molecule has 1 amide bonds. The largest absolute Gasteiger partial charge is 0.395 e. The molecule has 0 heterocycles. The number of hydrogen-bond acceptors (Lipinski definition) is 4. The van der Waals surface area contributed by atoms with Crippen LogP contribution in [0.4, 0.5) is 0 Å². The molecule has 22 heavy (non-hydrogen) atoms. The minimum Gasteiger partial charge on any atom is -0.395 e. The quantitative estimate of drug-likeness (QED) is 0.431. The van der Waals surface area contributed by atoms with Crippen LogP contribution in [0.1, 0.15) is 65.2 Å². The molecule has 0 aromatic heterocycles. The van der Waals surface area contributed by atoms with Crippen LogP contribution in [0.3, 0.4) is 0 Å². The summed E-state index contributed by atoms with van der Waals surface area (Å²) in [5.74, 6) is 0.130. The van der Waals surface area contributed by atoms with Crippen LogP contribution in [-0.4, -0.2) is 59.9 Å². The Kier molecular flexibility index (Phi) is 14.8. The van der Waals surface area contributed by atoms with Crippen LogP contribution in [0.5, 0.6) is 0 Å². The smallest absolute Gasteiger partial charge is 0.220 e. The van der Waals surface area contributed by atoms with E-state index < -0.39 is 0 Å². The number of aliphatic hydroxyl groups excluding tert-OH is 2. The van der Waals surface area contributed by atoms with Gasteiger partial charge in [0.2, 0.25) is 5.91 Å². The third-order valence-corrected chi connectivity index (χ3v) is 3.89. The number of hydrogen-bond donors (Lipinski definition) is 3. The average molecular weight is 316 g/mol. The summed E-state index contributed by atoms with van der Waals surface area (Å²) in [5.41, 5.74) is 0. The molecule has 0 aliphatic heterocycles. The predicted molar refractivity (Wildman–Crippen MR) is 90.8 cm³/mol. The zero-order valence-electron chi connectivity index (χ0n) is 14.5. The number of amides is 1. The number of rotatable bonds is 15. The van der Waals surface area contributed by atoms with Gasteiger partial charge in [0.25, 0.3) is 0 Å². The van der Waals surface area contributed by atoms with Crippen LogP contribution in [-0.2, 0) is 4.79 Å². The maximum Gasteiger partial charge on any atom is 0.220 e. The molecule has 0 unspecified atom stereocenters. The monoisotopic (exact) mass is 316 g/mol. The molecule has 132 valence electrons. The number of unbranched alkanes of at least 4 members (excludes halogenated alkanes) is 2. The molecule has 0 rings (SSSR count). The topological polar surface area (TPSA) is 72.8 Å². The van der Waals surface area contributed by atoms with Crippen molar-refractivity contribution in [2.24, 2.45) is 0 Å². The lowest BCUT2D eigenvalue weighted by molar-refractivity contribution is -0.122. The number of nitrogens with one attached hydrogen (secondary N) is 1. The highest BCUT2D eigenvalue weighted by Gasteiger charge is 2.12. The van der Waals surface area contributed by atoms with E-state index in [-0.39, 0.29) is 19.1 Å². The first-order chi connectivity index (χ1) is 10.7. The number of carbonyl (C=O) groups is 1. The first kappa shape index (κ1) is 21.4. The summed E-state index contributed by atoms with van der Waals surface area (Å²) in [6.45, 7) is 6.37. The fourth-order valence-electron chi connectivity index (χ4n) is 2.57. The van der Waals surface area contributed by atoms with Gasteiger partial charge in [-0.15, -0.1) is 0 Å². The normalized spacial score (nSPS) is 11.4. The molecule has 0 atom stereocenters. The lowest BCUT2D eigenvalue weighted by Crippen LogP contribution is -2.36. The second kappa shape index (κ2) is 15.3. The minimum absolute atomic E-state index is 0.0856. The Bertz CT molecular complexity index is 248. The van der Waals surface area contributed by atoms with Crippen LogP contribution >= 0.6 is 0 Å². The Labute approximate surface area is 136 Å². The molecular weight excluding hydrogens is 280 g/mol. The molecule has 0 radical (unpaired) electrons. The van der Waals surface area contributed by atoms with E-state index in [9.17, 15) is 4.79 Å². The molecule has 0 aliphatic rings. The zero-order valence-corrected chi connectivity index (χ0v) is 14.5. The Morgan fingerprint density at radius 1 is 0.955 bits per heavy atom. The van der Waals surface area contributed by atoms with E-state index in [1.807, 2.05) is 4.90 Å². The Hall–Kier alpha value is -0.650. The van der Waals surface area contributed by atoms with Crippen LogP contribution < -0.4 is 5.32 Å². The summed E-state index contributed by atoms with van der Waals surface area (Å²) >= 11 is 0. The van der Waals surface area contributed by atoms with Crippen LogP contribution in [0.2, 0.25) is 0 Å². The molecule has 0 aliphatic carbocycles. The van der Waals surface area contributed by atoms with Gasteiger partial charge >= 0.3 is 0 Å². The van der Waals surface area contributed by atoms with Gasteiger partial charge in [-0.3, -0.25) is 9.69 Å². The molecular formula is C17H36N2O3. The van der Waals surface area contributed by atoms with E-state index in [2.05, 4.69) is 19.2 Å². The van der Waals surface area contributed by atoms with Gasteiger partial charge in [-0.25, -0.2) is 0 Å². The summed E-state index contributed by atoms with van der Waals surface area (Å²) in [4.78, 5) is 14.0. The van der Waals surface area contributed by atoms with Gasteiger partial charge in [0.05, 0.1) is 13.2 Å². The van der Waals surface area contributed by atoms with E-state index in [1.165, 1.54) is 0 Å². The van der Waals surface area contributed by atoms with Crippen LogP contribution in [0.25, 0.3) is 0 Å². The lowest BCUT2D eigenvalue weighted by Gasteiger charge is -2.21. The maximum absolute atomic E-state index is 12.0. The van der Waals surface area contributed by atoms with Crippen molar-refractivity contribution in [3.63, 3.8) is 0 Å². The highest BCUT2D eigenvalue weighted by molar-refractivity contribution is 5.76. The molecule has 0 saturated carbocycles. The van der Waals surface area contributed by atoms with E-state index in [1.54, 1.807) is 0 Å².